The van der Waals surface area contributed by atoms with Crippen LogP contribution in [0.2, 0.25) is 0 Å². The van der Waals surface area contributed by atoms with E-state index in [2.05, 4.69) is 129 Å². The Hall–Kier alpha value is -3.98. The van der Waals surface area contributed by atoms with E-state index in [1.54, 1.807) is 5.56 Å². The number of anilines is 4. The van der Waals surface area contributed by atoms with Gasteiger partial charge in [0, 0.05) is 39.1 Å². The maximum atomic E-state index is 2.88. The lowest BCUT2D eigenvalue weighted by molar-refractivity contribution is 0.195. The van der Waals surface area contributed by atoms with Crippen LogP contribution in [0.15, 0.2) is 84.9 Å². The van der Waals surface area contributed by atoms with E-state index in [0.717, 1.165) is 12.8 Å². The molecule has 3 heteroatoms. The first-order chi connectivity index (χ1) is 23.4. The van der Waals surface area contributed by atoms with E-state index in [1.165, 1.54) is 124 Å². The van der Waals surface area contributed by atoms with E-state index in [4.69, 9.17) is 0 Å². The molecule has 2 nitrogen and oxygen atoms in total. The van der Waals surface area contributed by atoms with E-state index in [0.29, 0.717) is 0 Å². The van der Waals surface area contributed by atoms with Gasteiger partial charge in [-0.15, -0.1) is 0 Å². The van der Waals surface area contributed by atoms with Gasteiger partial charge in [-0.3, -0.25) is 0 Å². The van der Waals surface area contributed by atoms with Crippen LogP contribution < -0.4 is 20.6 Å². The van der Waals surface area contributed by atoms with E-state index < -0.39 is 0 Å². The van der Waals surface area contributed by atoms with Crippen LogP contribution in [0.4, 0.5) is 22.7 Å². The molecule has 9 rings (SSSR count). The lowest BCUT2D eigenvalue weighted by Crippen LogP contribution is -2.64. The summed E-state index contributed by atoms with van der Waals surface area (Å²) >= 11 is 0. The maximum absolute atomic E-state index is 2.88. The van der Waals surface area contributed by atoms with Gasteiger partial charge < -0.3 is 9.71 Å². The van der Waals surface area contributed by atoms with Crippen LogP contribution in [-0.2, 0) is 18.3 Å². The summed E-state index contributed by atoms with van der Waals surface area (Å²) in [6.45, 7) is 12.3. The molecule has 5 aromatic rings. The van der Waals surface area contributed by atoms with Crippen molar-refractivity contribution in [3.63, 3.8) is 0 Å². The van der Waals surface area contributed by atoms with Gasteiger partial charge >= 0.3 is 6.85 Å². The molecule has 1 fully saturated rings. The topological polar surface area (TPSA) is 6.48 Å². The number of benzene rings is 5. The molecule has 4 aliphatic rings. The molecule has 1 saturated carbocycles. The van der Waals surface area contributed by atoms with Gasteiger partial charge in [0.1, 0.15) is 0 Å². The molecule has 0 radical (unpaired) electrons. The van der Waals surface area contributed by atoms with Gasteiger partial charge in [0.25, 0.3) is 0 Å². The average molecular weight is 629 g/mol. The van der Waals surface area contributed by atoms with Crippen molar-refractivity contribution in [1.29, 1.82) is 0 Å². The zero-order valence-corrected chi connectivity index (χ0v) is 29.6. The highest BCUT2D eigenvalue weighted by molar-refractivity contribution is 6.94. The van der Waals surface area contributed by atoms with Gasteiger partial charge in [-0.05, 0) is 115 Å². The Morgan fingerprint density at radius 1 is 0.729 bits per heavy atom. The van der Waals surface area contributed by atoms with Crippen LogP contribution in [0, 0.1) is 6.92 Å². The van der Waals surface area contributed by atoms with Crippen molar-refractivity contribution in [3.8, 4) is 11.1 Å². The Balaban J connectivity index is 1.39. The Morgan fingerprint density at radius 3 is 2.27 bits per heavy atom. The van der Waals surface area contributed by atoms with E-state index in [1.807, 2.05) is 0 Å². The number of rotatable bonds is 7. The Kier molecular flexibility index (Phi) is 6.91. The molecule has 0 bridgehead atoms. The monoisotopic (exact) mass is 628 g/mol. The molecular formula is C45H49BN2. The Bertz CT molecular complexity index is 2080. The van der Waals surface area contributed by atoms with Crippen LogP contribution in [-0.4, -0.2) is 12.4 Å². The zero-order valence-electron chi connectivity index (χ0n) is 29.6. The fourth-order valence-electron chi connectivity index (χ4n) is 10.3. The molecule has 0 amide bonds. The first-order valence-electron chi connectivity index (χ1n) is 18.9. The second-order valence-corrected chi connectivity index (χ2v) is 15.8. The van der Waals surface area contributed by atoms with Crippen molar-refractivity contribution in [1.82, 2.24) is 0 Å². The molecule has 5 aromatic carbocycles. The van der Waals surface area contributed by atoms with Crippen LogP contribution >= 0.6 is 0 Å². The molecule has 242 valence electrons. The number of hydrogen-bond donors (Lipinski definition) is 0. The number of nitrogens with zero attached hydrogens (tertiary/aromatic N) is 2. The fourth-order valence-corrected chi connectivity index (χ4v) is 10.3. The summed E-state index contributed by atoms with van der Waals surface area (Å²) in [4.78, 5) is 5.63. The van der Waals surface area contributed by atoms with E-state index >= 15 is 0 Å². The van der Waals surface area contributed by atoms with Gasteiger partial charge in [0.15, 0.2) is 0 Å². The van der Waals surface area contributed by atoms with Crippen molar-refractivity contribution in [2.75, 3.05) is 9.71 Å². The third-order valence-corrected chi connectivity index (χ3v) is 12.9. The van der Waals surface area contributed by atoms with Crippen molar-refractivity contribution in [2.45, 2.75) is 110 Å². The summed E-state index contributed by atoms with van der Waals surface area (Å²) in [6, 6.07) is 33.8. The minimum Gasteiger partial charge on any atom is -0.376 e. The summed E-state index contributed by atoms with van der Waals surface area (Å²) in [6.07, 6.45) is 12.3. The third kappa shape index (κ3) is 4.06. The lowest BCUT2D eigenvalue weighted by Gasteiger charge is -2.53. The third-order valence-electron chi connectivity index (χ3n) is 12.9. The summed E-state index contributed by atoms with van der Waals surface area (Å²) < 4.78 is 0. The largest absolute Gasteiger partial charge is 0.376 e. The molecule has 3 aliphatic heterocycles. The van der Waals surface area contributed by atoms with Gasteiger partial charge in [-0.1, -0.05) is 113 Å². The van der Waals surface area contributed by atoms with E-state index in [9.17, 15) is 0 Å². The summed E-state index contributed by atoms with van der Waals surface area (Å²) in [7, 11) is 0. The molecule has 3 heterocycles. The van der Waals surface area contributed by atoms with E-state index in [-0.39, 0.29) is 17.8 Å². The van der Waals surface area contributed by atoms with Crippen LogP contribution in [0.3, 0.4) is 0 Å². The summed E-state index contributed by atoms with van der Waals surface area (Å²) in [5.41, 5.74) is 17.5. The van der Waals surface area contributed by atoms with Gasteiger partial charge in [0.05, 0.1) is 5.54 Å². The van der Waals surface area contributed by atoms with Gasteiger partial charge in [-0.2, -0.15) is 0 Å². The number of aryl methyl sites for hydroxylation is 3. The SMILES string of the molecule is CCCCc1ccc(N2B3c4cc(CCCC)cc5c4N(c4cc(C)cc(c43)-c3ccc4ccccc4c32)C2(C)CCCCC52C)cc1. The highest BCUT2D eigenvalue weighted by atomic mass is 15.3. The van der Waals surface area contributed by atoms with Gasteiger partial charge in [-0.25, -0.2) is 0 Å². The average Bonchev–Trinajstić information content (AvgIpc) is 3.32. The zero-order chi connectivity index (χ0) is 32.8. The Morgan fingerprint density at radius 2 is 1.48 bits per heavy atom. The molecule has 0 spiro atoms. The first-order valence-corrected chi connectivity index (χ1v) is 18.9. The highest BCUT2D eigenvalue weighted by Gasteiger charge is 2.61. The molecule has 0 saturated heterocycles. The van der Waals surface area contributed by atoms with Crippen LogP contribution in [0.25, 0.3) is 21.9 Å². The van der Waals surface area contributed by atoms with Crippen molar-refractivity contribution in [3.05, 3.63) is 107 Å². The second-order valence-electron chi connectivity index (χ2n) is 15.8. The molecular weight excluding hydrogens is 579 g/mol. The summed E-state index contributed by atoms with van der Waals surface area (Å²) in [5.74, 6) is 0. The first kappa shape index (κ1) is 30.1. The standard InChI is InChI=1S/C45H49BN2/c1-6-8-14-31-18-21-34(22-19-31)48-42-35-17-11-10-16-33(35)20-23-36(42)37-26-30(3)27-40-41(37)46(48)39-29-32(15-9-7-2)28-38-43(39)47(40)45(5)25-13-12-24-44(38,45)4/h10-11,16-23,26-29H,6-9,12-15,24-25H2,1-5H3. The molecule has 2 unspecified atom stereocenters. The van der Waals surface area contributed by atoms with Crippen LogP contribution in [0.1, 0.15) is 101 Å². The van der Waals surface area contributed by atoms with Gasteiger partial charge in [0.2, 0.25) is 0 Å². The highest BCUT2D eigenvalue weighted by Crippen LogP contribution is 2.62. The molecule has 48 heavy (non-hydrogen) atoms. The number of fused-ring (bicyclic) bond motifs is 9. The number of hydrogen-bond acceptors (Lipinski definition) is 2. The molecule has 0 aromatic heterocycles. The van der Waals surface area contributed by atoms with Crippen molar-refractivity contribution >= 4 is 51.3 Å². The lowest BCUT2D eigenvalue weighted by atomic mass is 9.43. The minimum atomic E-state index is 0.0493. The smallest absolute Gasteiger partial charge is 0.333 e. The van der Waals surface area contributed by atoms with Crippen molar-refractivity contribution in [2.24, 2.45) is 0 Å². The van der Waals surface area contributed by atoms with Crippen molar-refractivity contribution < 1.29 is 0 Å². The molecule has 0 N–H and O–H groups in total. The quantitative estimate of drug-likeness (QED) is 0.166. The number of unbranched alkanes of at least 4 members (excludes halogenated alkanes) is 2. The predicted molar refractivity (Wildman–Crippen MR) is 208 cm³/mol. The maximum Gasteiger partial charge on any atom is 0.333 e. The summed E-state index contributed by atoms with van der Waals surface area (Å²) in [5, 5.41) is 2.65. The second kappa shape index (κ2) is 11.0. The minimum absolute atomic E-state index is 0.0493. The van der Waals surface area contributed by atoms with Crippen LogP contribution in [0.5, 0.6) is 0 Å². The fraction of sp³-hybridized carbons (Fsp3) is 0.378. The normalized spacial score (nSPS) is 21.6. The predicted octanol–water partition coefficient (Wildman–Crippen LogP) is 10.8. The Labute approximate surface area is 288 Å². The molecule has 2 atom stereocenters. The molecule has 1 aliphatic carbocycles.